The number of fused-ring (bicyclic) bond motifs is 1. The lowest BCUT2D eigenvalue weighted by Crippen LogP contribution is -2.30. The van der Waals surface area contributed by atoms with Gasteiger partial charge in [-0.25, -0.2) is 4.79 Å². The zero-order chi connectivity index (χ0) is 18.0. The van der Waals surface area contributed by atoms with Crippen LogP contribution in [-0.4, -0.2) is 21.0 Å². The summed E-state index contributed by atoms with van der Waals surface area (Å²) in [6.07, 6.45) is 0. The molecule has 1 unspecified atom stereocenters. The van der Waals surface area contributed by atoms with Gasteiger partial charge in [-0.2, -0.15) is 0 Å². The molecule has 1 amide bonds. The quantitative estimate of drug-likeness (QED) is 0.459. The van der Waals surface area contributed by atoms with Crippen LogP contribution < -0.4 is 22.1 Å². The standard InChI is InChI=1S/C17H17N5O2S/c1-9(11-4-7-13-14(8-11)22-16(24)21-13)19-17(25)20-12-5-2-10(3-6-12)15(18)23/h2-9H,1H3,(H2,18,23)(H2,19,20,25)(H2,21,22,24). The van der Waals surface area contributed by atoms with Crippen molar-refractivity contribution in [2.24, 2.45) is 5.73 Å². The van der Waals surface area contributed by atoms with Crippen molar-refractivity contribution >= 4 is 40.0 Å². The van der Waals surface area contributed by atoms with E-state index in [0.717, 1.165) is 22.3 Å². The van der Waals surface area contributed by atoms with E-state index >= 15 is 0 Å². The largest absolute Gasteiger partial charge is 0.366 e. The van der Waals surface area contributed by atoms with Crippen molar-refractivity contribution in [2.75, 3.05) is 5.32 Å². The van der Waals surface area contributed by atoms with E-state index in [4.69, 9.17) is 18.0 Å². The summed E-state index contributed by atoms with van der Waals surface area (Å²) >= 11 is 5.32. The summed E-state index contributed by atoms with van der Waals surface area (Å²) in [6, 6.07) is 12.3. The molecule has 1 atom stereocenters. The maximum Gasteiger partial charge on any atom is 0.323 e. The molecule has 0 aliphatic carbocycles. The summed E-state index contributed by atoms with van der Waals surface area (Å²) in [6.45, 7) is 1.97. The first-order valence-corrected chi connectivity index (χ1v) is 8.02. The van der Waals surface area contributed by atoms with Crippen LogP contribution >= 0.6 is 12.2 Å². The number of aromatic amines is 2. The molecule has 0 fully saturated rings. The lowest BCUT2D eigenvalue weighted by Gasteiger charge is -2.17. The molecule has 0 spiro atoms. The second kappa shape index (κ2) is 6.78. The molecular formula is C17H17N5O2S. The van der Waals surface area contributed by atoms with Gasteiger partial charge >= 0.3 is 5.69 Å². The number of rotatable bonds is 4. The minimum atomic E-state index is -0.473. The molecule has 7 nitrogen and oxygen atoms in total. The fourth-order valence-corrected chi connectivity index (χ4v) is 2.78. The minimum absolute atomic E-state index is 0.0623. The Hall–Kier alpha value is -3.13. The van der Waals surface area contributed by atoms with Crippen LogP contribution in [0.4, 0.5) is 5.69 Å². The monoisotopic (exact) mass is 355 g/mol. The van der Waals surface area contributed by atoms with E-state index in [-0.39, 0.29) is 11.7 Å². The van der Waals surface area contributed by atoms with Gasteiger partial charge in [0.15, 0.2) is 5.11 Å². The molecule has 1 aromatic heterocycles. The molecule has 1 heterocycles. The summed E-state index contributed by atoms with van der Waals surface area (Å²) in [5.74, 6) is -0.473. The summed E-state index contributed by atoms with van der Waals surface area (Å²) in [7, 11) is 0. The van der Waals surface area contributed by atoms with Gasteiger partial charge in [-0.3, -0.25) is 4.79 Å². The molecule has 25 heavy (non-hydrogen) atoms. The molecule has 0 bridgehead atoms. The molecule has 3 aromatic rings. The fraction of sp³-hybridized carbons (Fsp3) is 0.118. The first-order chi connectivity index (χ1) is 11.9. The van der Waals surface area contributed by atoms with Gasteiger partial charge in [-0.1, -0.05) is 6.07 Å². The van der Waals surface area contributed by atoms with Crippen molar-refractivity contribution < 1.29 is 4.79 Å². The third-order valence-corrected chi connectivity index (χ3v) is 4.03. The molecule has 0 saturated heterocycles. The van der Waals surface area contributed by atoms with E-state index in [0.29, 0.717) is 10.7 Å². The van der Waals surface area contributed by atoms with Crippen LogP contribution in [0.1, 0.15) is 28.9 Å². The van der Waals surface area contributed by atoms with E-state index < -0.39 is 5.91 Å². The van der Waals surface area contributed by atoms with Crippen molar-refractivity contribution in [3.05, 3.63) is 64.1 Å². The van der Waals surface area contributed by atoms with Crippen molar-refractivity contribution in [3.63, 3.8) is 0 Å². The third-order valence-electron chi connectivity index (χ3n) is 3.81. The van der Waals surface area contributed by atoms with E-state index in [1.807, 2.05) is 25.1 Å². The lowest BCUT2D eigenvalue weighted by molar-refractivity contribution is 0.100. The number of hydrogen-bond donors (Lipinski definition) is 5. The van der Waals surface area contributed by atoms with Gasteiger partial charge in [-0.15, -0.1) is 0 Å². The van der Waals surface area contributed by atoms with Crippen LogP contribution in [0.3, 0.4) is 0 Å². The van der Waals surface area contributed by atoms with Crippen LogP contribution in [0.25, 0.3) is 11.0 Å². The van der Waals surface area contributed by atoms with Crippen molar-refractivity contribution in [1.29, 1.82) is 0 Å². The molecular weight excluding hydrogens is 338 g/mol. The van der Waals surface area contributed by atoms with E-state index in [9.17, 15) is 9.59 Å². The Labute approximate surface area is 148 Å². The third kappa shape index (κ3) is 3.86. The number of H-pyrrole nitrogens is 2. The SMILES string of the molecule is CC(NC(=S)Nc1ccc(C(N)=O)cc1)c1ccc2[nH]c(=O)[nH]c2c1. The smallest absolute Gasteiger partial charge is 0.323 e. The average molecular weight is 355 g/mol. The van der Waals surface area contributed by atoms with Crippen molar-refractivity contribution in [1.82, 2.24) is 15.3 Å². The molecule has 0 aliphatic heterocycles. The summed E-state index contributed by atoms with van der Waals surface area (Å²) in [5.41, 5.74) is 8.66. The number of hydrogen-bond acceptors (Lipinski definition) is 3. The number of carbonyl (C=O) groups excluding carboxylic acids is 1. The molecule has 128 valence electrons. The number of imidazole rings is 1. The highest BCUT2D eigenvalue weighted by atomic mass is 32.1. The number of aromatic nitrogens is 2. The van der Waals surface area contributed by atoms with Crippen LogP contribution in [0.2, 0.25) is 0 Å². The zero-order valence-electron chi connectivity index (χ0n) is 13.4. The Morgan fingerprint density at radius 3 is 2.48 bits per heavy atom. The second-order valence-corrected chi connectivity index (χ2v) is 6.05. The molecule has 2 aromatic carbocycles. The van der Waals surface area contributed by atoms with Gasteiger partial charge in [0.1, 0.15) is 0 Å². The van der Waals surface area contributed by atoms with Crippen LogP contribution in [0, 0.1) is 0 Å². The summed E-state index contributed by atoms with van der Waals surface area (Å²) in [4.78, 5) is 27.8. The summed E-state index contributed by atoms with van der Waals surface area (Å²) in [5, 5.41) is 6.68. The molecule has 0 radical (unpaired) electrons. The molecule has 0 saturated carbocycles. The molecule has 0 aliphatic rings. The van der Waals surface area contributed by atoms with Gasteiger partial charge in [0, 0.05) is 11.3 Å². The normalized spacial score (nSPS) is 11.9. The van der Waals surface area contributed by atoms with E-state index in [2.05, 4.69) is 20.6 Å². The van der Waals surface area contributed by atoms with Crippen molar-refractivity contribution in [3.8, 4) is 0 Å². The van der Waals surface area contributed by atoms with Gasteiger partial charge in [0.25, 0.3) is 0 Å². The van der Waals surface area contributed by atoms with Gasteiger partial charge in [0.05, 0.1) is 17.1 Å². The Balaban J connectivity index is 1.66. The minimum Gasteiger partial charge on any atom is -0.366 e. The highest BCUT2D eigenvalue weighted by molar-refractivity contribution is 7.80. The number of anilines is 1. The first kappa shape index (κ1) is 16.7. The fourth-order valence-electron chi connectivity index (χ4n) is 2.48. The number of benzene rings is 2. The average Bonchev–Trinajstić information content (AvgIpc) is 2.94. The van der Waals surface area contributed by atoms with Crippen LogP contribution in [0.5, 0.6) is 0 Å². The maximum atomic E-state index is 11.3. The summed E-state index contributed by atoms with van der Waals surface area (Å²) < 4.78 is 0. The molecule has 8 heteroatoms. The lowest BCUT2D eigenvalue weighted by atomic mass is 10.1. The second-order valence-electron chi connectivity index (χ2n) is 5.65. The molecule has 3 rings (SSSR count). The predicted molar refractivity (Wildman–Crippen MR) is 102 cm³/mol. The van der Waals surface area contributed by atoms with Crippen molar-refractivity contribution in [2.45, 2.75) is 13.0 Å². The van der Waals surface area contributed by atoms with Gasteiger partial charge in [-0.05, 0) is 61.1 Å². The highest BCUT2D eigenvalue weighted by Crippen LogP contribution is 2.17. The predicted octanol–water partition coefficient (Wildman–Crippen LogP) is 2.00. The number of nitrogens with two attached hydrogens (primary N) is 1. The number of amides is 1. The topological polar surface area (TPSA) is 116 Å². The first-order valence-electron chi connectivity index (χ1n) is 7.62. The van der Waals surface area contributed by atoms with Crippen LogP contribution in [-0.2, 0) is 0 Å². The number of carbonyl (C=O) groups is 1. The molecule has 6 N–H and O–H groups in total. The van der Waals surface area contributed by atoms with E-state index in [1.54, 1.807) is 24.3 Å². The number of primary amides is 1. The van der Waals surface area contributed by atoms with E-state index in [1.165, 1.54) is 0 Å². The highest BCUT2D eigenvalue weighted by Gasteiger charge is 2.09. The van der Waals surface area contributed by atoms with Crippen LogP contribution in [0.15, 0.2) is 47.3 Å². The number of nitrogens with one attached hydrogen (secondary N) is 4. The Morgan fingerprint density at radius 1 is 1.12 bits per heavy atom. The van der Waals surface area contributed by atoms with Gasteiger partial charge in [0.2, 0.25) is 5.91 Å². The Bertz CT molecular complexity index is 990. The Morgan fingerprint density at radius 2 is 1.80 bits per heavy atom. The Kier molecular flexibility index (Phi) is 4.53. The number of thiocarbonyl (C=S) groups is 1. The maximum absolute atomic E-state index is 11.3. The van der Waals surface area contributed by atoms with Gasteiger partial charge < -0.3 is 26.3 Å². The zero-order valence-corrected chi connectivity index (χ0v) is 14.2.